The predicted molar refractivity (Wildman–Crippen MR) is 129 cm³/mol. The number of para-hydroxylation sites is 1. The maximum Gasteiger partial charge on any atom is 0.329 e. The van der Waals surface area contributed by atoms with Gasteiger partial charge >= 0.3 is 11.8 Å². The van der Waals surface area contributed by atoms with Crippen LogP contribution in [0.5, 0.6) is 11.5 Å². The Hall–Kier alpha value is -3.84. The summed E-state index contributed by atoms with van der Waals surface area (Å²) in [5, 5.41) is 6.61. The van der Waals surface area contributed by atoms with Crippen molar-refractivity contribution in [3.8, 4) is 11.5 Å². The molecule has 0 atom stereocenters. The molecule has 0 aliphatic carbocycles. The van der Waals surface area contributed by atoms with Crippen LogP contribution in [0.3, 0.4) is 0 Å². The number of halogens is 1. The van der Waals surface area contributed by atoms with E-state index in [1.165, 1.54) is 6.21 Å². The van der Waals surface area contributed by atoms with E-state index in [-0.39, 0.29) is 0 Å². The first-order valence-corrected chi connectivity index (χ1v) is 10.7. The summed E-state index contributed by atoms with van der Waals surface area (Å²) in [6.45, 7) is 4.78. The van der Waals surface area contributed by atoms with E-state index in [1.807, 2.05) is 38.1 Å². The Morgan fingerprint density at radius 2 is 1.73 bits per heavy atom. The fraction of sp³-hybridized carbons (Fsp3) is 0.160. The quantitative estimate of drug-likeness (QED) is 0.286. The van der Waals surface area contributed by atoms with E-state index >= 15 is 0 Å². The van der Waals surface area contributed by atoms with Crippen LogP contribution in [0, 0.1) is 6.92 Å². The molecule has 0 unspecified atom stereocenters. The lowest BCUT2D eigenvalue weighted by atomic mass is 10.1. The minimum absolute atomic E-state index is 0.329. The summed E-state index contributed by atoms with van der Waals surface area (Å²) in [6.07, 6.45) is 1.41. The number of ether oxygens (including phenoxy) is 2. The van der Waals surface area contributed by atoms with Crippen LogP contribution in [0.15, 0.2) is 71.8 Å². The molecular weight excluding hydrogens is 442 g/mol. The number of carbonyl (C=O) groups excluding carboxylic acids is 2. The Labute approximate surface area is 197 Å². The Kier molecular flexibility index (Phi) is 8.43. The second-order valence-corrected chi connectivity index (χ2v) is 7.39. The molecule has 0 aromatic heterocycles. The van der Waals surface area contributed by atoms with Gasteiger partial charge in [0.1, 0.15) is 6.61 Å². The van der Waals surface area contributed by atoms with Gasteiger partial charge in [0.2, 0.25) is 0 Å². The second kappa shape index (κ2) is 11.7. The fourth-order valence-electron chi connectivity index (χ4n) is 2.88. The highest BCUT2D eigenvalue weighted by Crippen LogP contribution is 2.29. The molecule has 33 heavy (non-hydrogen) atoms. The van der Waals surface area contributed by atoms with E-state index < -0.39 is 11.8 Å². The Bertz CT molecular complexity index is 1160. The van der Waals surface area contributed by atoms with Gasteiger partial charge < -0.3 is 14.8 Å². The lowest BCUT2D eigenvalue weighted by molar-refractivity contribution is -0.136. The number of carbonyl (C=O) groups is 2. The summed E-state index contributed by atoms with van der Waals surface area (Å²) in [5.41, 5.74) is 5.43. The van der Waals surface area contributed by atoms with Crippen molar-refractivity contribution in [2.75, 3.05) is 11.9 Å². The van der Waals surface area contributed by atoms with Crippen LogP contribution in [-0.2, 0) is 16.2 Å². The van der Waals surface area contributed by atoms with Crippen LogP contribution < -0.4 is 20.2 Å². The van der Waals surface area contributed by atoms with Gasteiger partial charge in [-0.25, -0.2) is 5.43 Å². The number of amides is 2. The van der Waals surface area contributed by atoms with Gasteiger partial charge in [-0.05, 0) is 60.9 Å². The number of anilines is 1. The molecule has 0 heterocycles. The number of hydrogen-bond acceptors (Lipinski definition) is 5. The molecule has 2 N–H and O–H groups in total. The maximum absolute atomic E-state index is 12.0. The number of nitrogens with zero attached hydrogens (tertiary/aromatic N) is 1. The molecule has 0 bridgehead atoms. The second-order valence-electron chi connectivity index (χ2n) is 6.99. The zero-order chi connectivity index (χ0) is 23.6. The Balaban J connectivity index is 1.61. The van der Waals surface area contributed by atoms with Gasteiger partial charge in [-0.1, -0.05) is 48.0 Å². The van der Waals surface area contributed by atoms with Crippen molar-refractivity contribution in [1.82, 2.24) is 5.43 Å². The number of benzene rings is 3. The summed E-state index contributed by atoms with van der Waals surface area (Å²) >= 11 is 5.98. The lowest BCUT2D eigenvalue weighted by Gasteiger charge is -2.13. The number of aryl methyl sites for hydroxylation is 1. The highest BCUT2D eigenvalue weighted by atomic mass is 35.5. The van der Waals surface area contributed by atoms with Gasteiger partial charge in [0.05, 0.1) is 23.5 Å². The van der Waals surface area contributed by atoms with Gasteiger partial charge in [0, 0.05) is 0 Å². The van der Waals surface area contributed by atoms with Crippen molar-refractivity contribution in [3.63, 3.8) is 0 Å². The Morgan fingerprint density at radius 1 is 0.970 bits per heavy atom. The van der Waals surface area contributed by atoms with Crippen molar-refractivity contribution >= 4 is 35.3 Å². The molecule has 0 aliphatic heterocycles. The van der Waals surface area contributed by atoms with E-state index in [9.17, 15) is 9.59 Å². The molecule has 170 valence electrons. The largest absolute Gasteiger partial charge is 0.490 e. The zero-order valence-corrected chi connectivity index (χ0v) is 19.1. The van der Waals surface area contributed by atoms with Crippen LogP contribution in [0.25, 0.3) is 0 Å². The van der Waals surface area contributed by atoms with Crippen molar-refractivity contribution in [1.29, 1.82) is 0 Å². The van der Waals surface area contributed by atoms with Crippen molar-refractivity contribution in [2.24, 2.45) is 5.10 Å². The molecule has 2 amide bonds. The molecular formula is C25H24ClN3O4. The average molecular weight is 466 g/mol. The SMILES string of the molecule is CCOc1cc(/C=N/NC(=O)C(=O)Nc2ccccc2Cl)ccc1OCc1ccccc1C. The first-order valence-electron chi connectivity index (χ1n) is 10.3. The van der Waals surface area contributed by atoms with E-state index in [0.717, 1.165) is 11.1 Å². The summed E-state index contributed by atoms with van der Waals surface area (Å²) in [6, 6.07) is 19.9. The van der Waals surface area contributed by atoms with Gasteiger partial charge in [0.15, 0.2) is 11.5 Å². The molecule has 0 saturated carbocycles. The third kappa shape index (κ3) is 6.82. The van der Waals surface area contributed by atoms with Gasteiger partial charge in [-0.2, -0.15) is 5.10 Å². The summed E-state index contributed by atoms with van der Waals surface area (Å²) in [4.78, 5) is 24.0. The molecule has 3 aromatic rings. The minimum Gasteiger partial charge on any atom is -0.490 e. The highest BCUT2D eigenvalue weighted by Gasteiger charge is 2.14. The maximum atomic E-state index is 12.0. The third-order valence-electron chi connectivity index (χ3n) is 4.62. The number of rotatable bonds is 8. The van der Waals surface area contributed by atoms with Crippen LogP contribution >= 0.6 is 11.6 Å². The van der Waals surface area contributed by atoms with E-state index in [4.69, 9.17) is 21.1 Å². The molecule has 7 nitrogen and oxygen atoms in total. The number of hydrazone groups is 1. The summed E-state index contributed by atoms with van der Waals surface area (Å²) in [7, 11) is 0. The average Bonchev–Trinajstić information content (AvgIpc) is 2.81. The van der Waals surface area contributed by atoms with Crippen LogP contribution in [0.1, 0.15) is 23.6 Å². The fourth-order valence-corrected chi connectivity index (χ4v) is 3.06. The summed E-state index contributed by atoms with van der Waals surface area (Å²) < 4.78 is 11.6. The first kappa shape index (κ1) is 23.8. The number of hydrogen-bond donors (Lipinski definition) is 2. The zero-order valence-electron chi connectivity index (χ0n) is 18.3. The standard InChI is InChI=1S/C25H24ClN3O4/c1-3-32-23-14-18(12-13-22(23)33-16-19-9-5-4-8-17(19)2)15-27-29-25(31)24(30)28-21-11-7-6-10-20(21)26/h4-15H,3,16H2,1-2H3,(H,28,30)(H,29,31)/b27-15+. The molecule has 0 saturated heterocycles. The molecule has 8 heteroatoms. The van der Waals surface area contributed by atoms with E-state index in [0.29, 0.717) is 41.0 Å². The Morgan fingerprint density at radius 3 is 2.48 bits per heavy atom. The van der Waals surface area contributed by atoms with Crippen molar-refractivity contribution in [3.05, 3.63) is 88.4 Å². The molecule has 0 spiro atoms. The van der Waals surface area contributed by atoms with E-state index in [2.05, 4.69) is 15.8 Å². The summed E-state index contributed by atoms with van der Waals surface area (Å²) in [5.74, 6) is -0.650. The molecule has 0 aliphatic rings. The molecule has 0 radical (unpaired) electrons. The smallest absolute Gasteiger partial charge is 0.329 e. The molecule has 0 fully saturated rings. The minimum atomic E-state index is -0.922. The third-order valence-corrected chi connectivity index (χ3v) is 4.95. The van der Waals surface area contributed by atoms with Crippen LogP contribution in [-0.4, -0.2) is 24.6 Å². The normalized spacial score (nSPS) is 10.6. The van der Waals surface area contributed by atoms with Crippen molar-refractivity contribution in [2.45, 2.75) is 20.5 Å². The topological polar surface area (TPSA) is 89.0 Å². The van der Waals surface area contributed by atoms with Gasteiger partial charge in [0.25, 0.3) is 0 Å². The van der Waals surface area contributed by atoms with Crippen LogP contribution in [0.4, 0.5) is 5.69 Å². The lowest BCUT2D eigenvalue weighted by Crippen LogP contribution is -2.32. The molecule has 3 rings (SSSR count). The van der Waals surface area contributed by atoms with Gasteiger partial charge in [-0.3, -0.25) is 9.59 Å². The first-order chi connectivity index (χ1) is 16.0. The monoisotopic (exact) mass is 465 g/mol. The van der Waals surface area contributed by atoms with Crippen LogP contribution in [0.2, 0.25) is 5.02 Å². The van der Waals surface area contributed by atoms with Gasteiger partial charge in [-0.15, -0.1) is 0 Å². The van der Waals surface area contributed by atoms with E-state index in [1.54, 1.807) is 42.5 Å². The van der Waals surface area contributed by atoms with Crippen molar-refractivity contribution < 1.29 is 19.1 Å². The number of nitrogens with one attached hydrogen (secondary N) is 2. The molecule has 3 aromatic carbocycles. The predicted octanol–water partition coefficient (Wildman–Crippen LogP) is 4.71. The highest BCUT2D eigenvalue weighted by molar-refractivity contribution is 6.41.